The average molecular weight is 544 g/mol. The van der Waals surface area contributed by atoms with E-state index >= 15 is 0 Å². The van der Waals surface area contributed by atoms with Crippen molar-refractivity contribution < 1.29 is 22.4 Å². The van der Waals surface area contributed by atoms with E-state index < -0.39 is 28.3 Å². The molecule has 0 saturated carbocycles. The molecule has 10 heteroatoms. The predicted octanol–water partition coefficient (Wildman–Crippen LogP) is 4.47. The molecule has 0 aliphatic carbocycles. The van der Waals surface area contributed by atoms with E-state index in [1.54, 1.807) is 24.3 Å². The molecule has 1 saturated heterocycles. The summed E-state index contributed by atoms with van der Waals surface area (Å²) in [6.45, 7) is 0.994. The molecule has 4 rings (SSSR count). The van der Waals surface area contributed by atoms with Gasteiger partial charge in [-0.2, -0.15) is 4.31 Å². The lowest BCUT2D eigenvalue weighted by atomic mass is 10.1. The summed E-state index contributed by atoms with van der Waals surface area (Å²) in [6, 6.07) is 18.0. The number of nitrogens with one attached hydrogen (secondary N) is 1. The van der Waals surface area contributed by atoms with Crippen molar-refractivity contribution in [1.29, 1.82) is 0 Å². The summed E-state index contributed by atoms with van der Waals surface area (Å²) >= 11 is 5.90. The number of rotatable bonds is 9. The first-order chi connectivity index (χ1) is 17.7. The van der Waals surface area contributed by atoms with Gasteiger partial charge in [0.1, 0.15) is 5.82 Å². The maximum Gasteiger partial charge on any atom is 0.243 e. The van der Waals surface area contributed by atoms with Crippen molar-refractivity contribution in [1.82, 2.24) is 9.21 Å². The fourth-order valence-electron chi connectivity index (χ4n) is 4.09. The Morgan fingerprint density at radius 3 is 2.11 bits per heavy atom. The molecule has 1 aliphatic rings. The molecule has 0 unspecified atom stereocenters. The molecule has 3 aromatic carbocycles. The van der Waals surface area contributed by atoms with Crippen LogP contribution in [0.1, 0.15) is 24.0 Å². The molecule has 1 N–H and O–H groups in total. The Hall–Kier alpha value is -3.27. The third-order valence-electron chi connectivity index (χ3n) is 6.10. The number of hydrogen-bond donors (Lipinski definition) is 1. The van der Waals surface area contributed by atoms with Crippen LogP contribution < -0.4 is 5.32 Å². The second kappa shape index (κ2) is 11.9. The van der Waals surface area contributed by atoms with Gasteiger partial charge in [-0.05, 0) is 72.5 Å². The second-order valence-corrected chi connectivity index (χ2v) is 11.2. The largest absolute Gasteiger partial charge is 0.342 e. The van der Waals surface area contributed by atoms with Crippen LogP contribution in [0.4, 0.5) is 10.1 Å². The van der Waals surface area contributed by atoms with Crippen molar-refractivity contribution in [2.45, 2.75) is 30.7 Å². The number of carbonyl (C=O) groups is 2. The van der Waals surface area contributed by atoms with Gasteiger partial charge in [0.25, 0.3) is 0 Å². The lowest BCUT2D eigenvalue weighted by Gasteiger charge is -2.22. The summed E-state index contributed by atoms with van der Waals surface area (Å²) in [5.74, 6) is -0.905. The minimum Gasteiger partial charge on any atom is -0.342 e. The van der Waals surface area contributed by atoms with Crippen LogP contribution in [-0.2, 0) is 32.6 Å². The maximum absolute atomic E-state index is 13.4. The van der Waals surface area contributed by atoms with Crippen molar-refractivity contribution in [2.24, 2.45) is 0 Å². The SMILES string of the molecule is O=C(CN(Cc1ccc(F)cc1)S(=O)(=O)c1ccc(Cl)cc1)Nc1ccc(CC(=O)N2CCCC2)cc1. The van der Waals surface area contributed by atoms with Gasteiger partial charge in [-0.3, -0.25) is 9.59 Å². The van der Waals surface area contributed by atoms with E-state index in [1.165, 1.54) is 48.5 Å². The highest BCUT2D eigenvalue weighted by atomic mass is 35.5. The van der Waals surface area contributed by atoms with E-state index in [-0.39, 0.29) is 17.3 Å². The predicted molar refractivity (Wildman–Crippen MR) is 140 cm³/mol. The first-order valence-corrected chi connectivity index (χ1v) is 13.7. The standard InChI is InChI=1S/C27H27ClFN3O4S/c28-22-7-13-25(14-8-22)37(35,36)32(18-21-3-9-23(29)10-4-21)19-26(33)30-24-11-5-20(6-12-24)17-27(34)31-15-1-2-16-31/h3-14H,1-2,15-19H2,(H,30,33). The first kappa shape index (κ1) is 26.8. The fourth-order valence-corrected chi connectivity index (χ4v) is 5.60. The Labute approximate surface area is 220 Å². The van der Waals surface area contributed by atoms with Gasteiger partial charge in [0, 0.05) is 30.3 Å². The Kier molecular flexibility index (Phi) is 8.58. The highest BCUT2D eigenvalue weighted by Gasteiger charge is 2.27. The number of hydrogen-bond acceptors (Lipinski definition) is 4. The topological polar surface area (TPSA) is 86.8 Å². The smallest absolute Gasteiger partial charge is 0.243 e. The summed E-state index contributed by atoms with van der Waals surface area (Å²) in [5.41, 5.74) is 1.84. The van der Waals surface area contributed by atoms with Gasteiger partial charge in [0.2, 0.25) is 21.8 Å². The molecule has 7 nitrogen and oxygen atoms in total. The summed E-state index contributed by atoms with van der Waals surface area (Å²) in [7, 11) is -4.06. The summed E-state index contributed by atoms with van der Waals surface area (Å²) in [5, 5.41) is 3.10. The number of benzene rings is 3. The van der Waals surface area contributed by atoms with Crippen molar-refractivity contribution in [3.05, 3.63) is 94.8 Å². The molecule has 0 bridgehead atoms. The van der Waals surface area contributed by atoms with Crippen molar-refractivity contribution >= 4 is 39.1 Å². The van der Waals surface area contributed by atoms with Gasteiger partial charge < -0.3 is 10.2 Å². The lowest BCUT2D eigenvalue weighted by molar-refractivity contribution is -0.129. The number of nitrogens with zero attached hydrogens (tertiary/aromatic N) is 2. The van der Waals surface area contributed by atoms with E-state index in [0.717, 1.165) is 35.8 Å². The summed E-state index contributed by atoms with van der Waals surface area (Å²) in [6.07, 6.45) is 2.35. The van der Waals surface area contributed by atoms with Gasteiger partial charge in [0.15, 0.2) is 0 Å². The summed E-state index contributed by atoms with van der Waals surface area (Å²) in [4.78, 5) is 27.1. The van der Waals surface area contributed by atoms with Crippen LogP contribution in [-0.4, -0.2) is 49.1 Å². The Morgan fingerprint density at radius 1 is 0.892 bits per heavy atom. The van der Waals surface area contributed by atoms with Crippen LogP contribution in [0.15, 0.2) is 77.7 Å². The Bertz CT molecular complexity index is 1340. The van der Waals surface area contributed by atoms with Crippen molar-refractivity contribution in [2.75, 3.05) is 25.0 Å². The van der Waals surface area contributed by atoms with Crippen molar-refractivity contribution in [3.63, 3.8) is 0 Å². The normalized spacial score (nSPS) is 13.6. The zero-order chi connectivity index (χ0) is 26.4. The highest BCUT2D eigenvalue weighted by Crippen LogP contribution is 2.21. The lowest BCUT2D eigenvalue weighted by Crippen LogP contribution is -2.37. The number of amides is 2. The van der Waals surface area contributed by atoms with Crippen LogP contribution in [0.2, 0.25) is 5.02 Å². The molecule has 1 heterocycles. The third kappa shape index (κ3) is 7.15. The number of anilines is 1. The van der Waals surface area contributed by atoms with E-state index in [4.69, 9.17) is 11.6 Å². The Balaban J connectivity index is 1.45. The monoisotopic (exact) mass is 543 g/mol. The summed E-state index contributed by atoms with van der Waals surface area (Å²) < 4.78 is 41.1. The molecular weight excluding hydrogens is 517 g/mol. The number of sulfonamides is 1. The number of carbonyl (C=O) groups excluding carboxylic acids is 2. The zero-order valence-corrected chi connectivity index (χ0v) is 21.6. The molecule has 1 fully saturated rings. The number of likely N-dealkylation sites (tertiary alicyclic amines) is 1. The molecule has 3 aromatic rings. The quantitative estimate of drug-likeness (QED) is 0.431. The van der Waals surface area contributed by atoms with Crippen LogP contribution in [0, 0.1) is 5.82 Å². The average Bonchev–Trinajstić information content (AvgIpc) is 3.42. The van der Waals surface area contributed by atoms with Crippen LogP contribution in [0.25, 0.3) is 0 Å². The van der Waals surface area contributed by atoms with E-state index in [2.05, 4.69) is 5.32 Å². The van der Waals surface area contributed by atoms with Gasteiger partial charge in [-0.15, -0.1) is 0 Å². The van der Waals surface area contributed by atoms with Gasteiger partial charge in [0.05, 0.1) is 17.9 Å². The molecular formula is C27H27ClFN3O4S. The molecule has 0 aromatic heterocycles. The molecule has 1 aliphatic heterocycles. The maximum atomic E-state index is 13.4. The van der Waals surface area contributed by atoms with Gasteiger partial charge in [-0.25, -0.2) is 12.8 Å². The Morgan fingerprint density at radius 2 is 1.49 bits per heavy atom. The van der Waals surface area contributed by atoms with Crippen LogP contribution >= 0.6 is 11.6 Å². The minimum atomic E-state index is -4.06. The highest BCUT2D eigenvalue weighted by molar-refractivity contribution is 7.89. The number of halogens is 2. The van der Waals surface area contributed by atoms with Gasteiger partial charge >= 0.3 is 0 Å². The van der Waals surface area contributed by atoms with E-state index in [0.29, 0.717) is 22.7 Å². The third-order valence-corrected chi connectivity index (χ3v) is 8.15. The molecule has 2 amide bonds. The molecule has 194 valence electrons. The molecule has 0 radical (unpaired) electrons. The molecule has 37 heavy (non-hydrogen) atoms. The van der Waals surface area contributed by atoms with Crippen molar-refractivity contribution in [3.8, 4) is 0 Å². The zero-order valence-electron chi connectivity index (χ0n) is 20.1. The first-order valence-electron chi connectivity index (χ1n) is 11.9. The van der Waals surface area contributed by atoms with Crippen LogP contribution in [0.5, 0.6) is 0 Å². The van der Waals surface area contributed by atoms with Crippen LogP contribution in [0.3, 0.4) is 0 Å². The molecule has 0 atom stereocenters. The van der Waals surface area contributed by atoms with E-state index in [1.807, 2.05) is 4.90 Å². The minimum absolute atomic E-state index is 0.0150. The fraction of sp³-hybridized carbons (Fsp3) is 0.259. The molecule has 0 spiro atoms. The second-order valence-electron chi connectivity index (χ2n) is 8.86. The van der Waals surface area contributed by atoms with Gasteiger partial charge in [-0.1, -0.05) is 35.9 Å². The van der Waals surface area contributed by atoms with E-state index in [9.17, 15) is 22.4 Å².